The summed E-state index contributed by atoms with van der Waals surface area (Å²) in [5.41, 5.74) is 0.556. The Bertz CT molecular complexity index is 910. The van der Waals surface area contributed by atoms with Crippen LogP contribution in [0.25, 0.3) is 10.9 Å². The number of nitrogens with one attached hydrogen (secondary N) is 1. The van der Waals surface area contributed by atoms with Crippen molar-refractivity contribution in [2.75, 3.05) is 31.5 Å². The molecule has 10 heteroatoms. The van der Waals surface area contributed by atoms with Crippen molar-refractivity contribution in [1.29, 1.82) is 5.26 Å². The standard InChI is InChI=1S/C17H16F3N5O2/c18-17(19,20)10-24-4-3-11(9-24)8-22-16-5-12(7-21)14-6-13(25(26)27)1-2-15(14)23-16/h1-2,5-6,11H,3-4,8-10H2,(H,22,23). The number of rotatable bonds is 5. The summed E-state index contributed by atoms with van der Waals surface area (Å²) in [5.74, 6) is 0.467. The van der Waals surface area contributed by atoms with Crippen molar-refractivity contribution in [3.8, 4) is 6.07 Å². The lowest BCUT2D eigenvalue weighted by Crippen LogP contribution is -2.33. The number of nitriles is 1. The van der Waals surface area contributed by atoms with Gasteiger partial charge in [0.2, 0.25) is 0 Å². The quantitative estimate of drug-likeness (QED) is 0.633. The summed E-state index contributed by atoms with van der Waals surface area (Å²) in [5, 5.41) is 23.7. The zero-order chi connectivity index (χ0) is 19.6. The normalized spacial score (nSPS) is 17.8. The van der Waals surface area contributed by atoms with Crippen molar-refractivity contribution in [1.82, 2.24) is 9.88 Å². The van der Waals surface area contributed by atoms with E-state index in [1.54, 1.807) is 0 Å². The molecule has 0 aliphatic carbocycles. The van der Waals surface area contributed by atoms with E-state index in [2.05, 4.69) is 10.3 Å². The zero-order valence-electron chi connectivity index (χ0n) is 14.2. The van der Waals surface area contributed by atoms with Crippen LogP contribution in [0.5, 0.6) is 0 Å². The van der Waals surface area contributed by atoms with E-state index in [-0.39, 0.29) is 17.2 Å². The van der Waals surface area contributed by atoms with Crippen molar-refractivity contribution in [2.45, 2.75) is 12.6 Å². The molecule has 0 saturated carbocycles. The van der Waals surface area contributed by atoms with Crippen LogP contribution in [0.2, 0.25) is 0 Å². The summed E-state index contributed by atoms with van der Waals surface area (Å²) in [6.07, 6.45) is -3.56. The van der Waals surface area contributed by atoms with E-state index in [0.29, 0.717) is 42.8 Å². The maximum absolute atomic E-state index is 12.5. The number of alkyl halides is 3. The van der Waals surface area contributed by atoms with E-state index in [9.17, 15) is 28.5 Å². The number of hydrogen-bond donors (Lipinski definition) is 1. The van der Waals surface area contributed by atoms with Crippen LogP contribution in [-0.4, -0.2) is 47.2 Å². The van der Waals surface area contributed by atoms with Gasteiger partial charge >= 0.3 is 6.18 Å². The molecule has 0 spiro atoms. The molecule has 1 unspecified atom stereocenters. The molecule has 0 bridgehead atoms. The molecule has 0 radical (unpaired) electrons. The SMILES string of the molecule is N#Cc1cc(NCC2CCN(CC(F)(F)F)C2)nc2ccc([N+](=O)[O-])cc12. The van der Waals surface area contributed by atoms with E-state index in [1.165, 1.54) is 29.2 Å². The monoisotopic (exact) mass is 379 g/mol. The molecular formula is C17H16F3N5O2. The third-order valence-corrected chi connectivity index (χ3v) is 4.47. The van der Waals surface area contributed by atoms with Gasteiger partial charge in [0.15, 0.2) is 0 Å². The van der Waals surface area contributed by atoms with Gasteiger partial charge in [-0.25, -0.2) is 4.98 Å². The topological polar surface area (TPSA) is 95.1 Å². The van der Waals surface area contributed by atoms with Gasteiger partial charge in [0.25, 0.3) is 5.69 Å². The number of nitrogens with zero attached hydrogens (tertiary/aromatic N) is 4. The Morgan fingerprint density at radius 2 is 2.19 bits per heavy atom. The molecule has 7 nitrogen and oxygen atoms in total. The lowest BCUT2D eigenvalue weighted by Gasteiger charge is -2.18. The first-order valence-corrected chi connectivity index (χ1v) is 8.27. The van der Waals surface area contributed by atoms with Crippen molar-refractivity contribution >= 4 is 22.4 Å². The van der Waals surface area contributed by atoms with Crippen molar-refractivity contribution in [3.05, 3.63) is 39.9 Å². The Balaban J connectivity index is 1.70. The van der Waals surface area contributed by atoms with Gasteiger partial charge < -0.3 is 5.32 Å². The van der Waals surface area contributed by atoms with Crippen LogP contribution in [0.3, 0.4) is 0 Å². The average molecular weight is 379 g/mol. The Labute approximate surface area is 152 Å². The van der Waals surface area contributed by atoms with Gasteiger partial charge in [-0.1, -0.05) is 0 Å². The largest absolute Gasteiger partial charge is 0.401 e. The molecule has 27 heavy (non-hydrogen) atoms. The van der Waals surface area contributed by atoms with Crippen LogP contribution < -0.4 is 5.32 Å². The fourth-order valence-electron chi connectivity index (χ4n) is 3.24. The number of likely N-dealkylation sites (tertiary alicyclic amines) is 1. The minimum Gasteiger partial charge on any atom is -0.370 e. The van der Waals surface area contributed by atoms with Crippen LogP contribution in [0.1, 0.15) is 12.0 Å². The summed E-state index contributed by atoms with van der Waals surface area (Å²) in [7, 11) is 0. The van der Waals surface area contributed by atoms with Crippen molar-refractivity contribution < 1.29 is 18.1 Å². The maximum Gasteiger partial charge on any atom is 0.401 e. The second-order valence-electron chi connectivity index (χ2n) is 6.51. The average Bonchev–Trinajstić information content (AvgIpc) is 3.04. The highest BCUT2D eigenvalue weighted by atomic mass is 19.4. The van der Waals surface area contributed by atoms with E-state index in [4.69, 9.17) is 0 Å². The molecule has 1 N–H and O–H groups in total. The molecule has 1 aliphatic rings. The molecule has 2 aromatic rings. The van der Waals surface area contributed by atoms with Crippen LogP contribution >= 0.6 is 0 Å². The Hall–Kier alpha value is -2.93. The first-order valence-electron chi connectivity index (χ1n) is 8.27. The third kappa shape index (κ3) is 4.62. The molecule has 1 saturated heterocycles. The Morgan fingerprint density at radius 1 is 1.41 bits per heavy atom. The van der Waals surface area contributed by atoms with E-state index in [1.807, 2.05) is 6.07 Å². The van der Waals surface area contributed by atoms with Gasteiger partial charge in [-0.3, -0.25) is 15.0 Å². The number of non-ortho nitro benzene ring substituents is 1. The second kappa shape index (κ2) is 7.36. The first kappa shape index (κ1) is 18.8. The van der Waals surface area contributed by atoms with Crippen LogP contribution in [-0.2, 0) is 0 Å². The Kier molecular flexibility index (Phi) is 5.14. The minimum atomic E-state index is -4.20. The van der Waals surface area contributed by atoms with Gasteiger partial charge in [-0.05, 0) is 31.0 Å². The number of anilines is 1. The van der Waals surface area contributed by atoms with Crippen LogP contribution in [0, 0.1) is 27.4 Å². The molecule has 1 aromatic carbocycles. The summed E-state index contributed by atoms with van der Waals surface area (Å²) in [6.45, 7) is 0.265. The number of aromatic nitrogens is 1. The molecule has 0 amide bonds. The Morgan fingerprint density at radius 3 is 2.85 bits per heavy atom. The summed E-state index contributed by atoms with van der Waals surface area (Å²) in [6, 6.07) is 7.58. The van der Waals surface area contributed by atoms with Crippen LogP contribution in [0.4, 0.5) is 24.7 Å². The number of halogens is 3. The van der Waals surface area contributed by atoms with Gasteiger partial charge in [-0.15, -0.1) is 0 Å². The van der Waals surface area contributed by atoms with E-state index in [0.717, 1.165) is 0 Å². The van der Waals surface area contributed by atoms with Crippen LogP contribution in [0.15, 0.2) is 24.3 Å². The van der Waals surface area contributed by atoms with Crippen molar-refractivity contribution in [3.63, 3.8) is 0 Å². The number of benzene rings is 1. The summed E-state index contributed by atoms with van der Waals surface area (Å²) >= 11 is 0. The number of nitro groups is 1. The highest BCUT2D eigenvalue weighted by Gasteiger charge is 2.34. The molecule has 3 rings (SSSR count). The summed E-state index contributed by atoms with van der Waals surface area (Å²) in [4.78, 5) is 16.1. The molecule has 1 atom stereocenters. The molecule has 1 aliphatic heterocycles. The summed E-state index contributed by atoms with van der Waals surface area (Å²) < 4.78 is 37.4. The molecule has 1 fully saturated rings. The molecular weight excluding hydrogens is 363 g/mol. The minimum absolute atomic E-state index is 0.0484. The first-order chi connectivity index (χ1) is 12.7. The number of pyridine rings is 1. The van der Waals surface area contributed by atoms with Crippen molar-refractivity contribution in [2.24, 2.45) is 5.92 Å². The van der Waals surface area contributed by atoms with E-state index < -0.39 is 17.6 Å². The number of hydrogen-bond acceptors (Lipinski definition) is 6. The maximum atomic E-state index is 12.5. The highest BCUT2D eigenvalue weighted by Crippen LogP contribution is 2.26. The predicted molar refractivity (Wildman–Crippen MR) is 92.2 cm³/mol. The molecule has 2 heterocycles. The zero-order valence-corrected chi connectivity index (χ0v) is 14.2. The fraction of sp³-hybridized carbons (Fsp3) is 0.412. The fourth-order valence-corrected chi connectivity index (χ4v) is 3.24. The number of nitro benzene ring substituents is 1. The third-order valence-electron chi connectivity index (χ3n) is 4.47. The van der Waals surface area contributed by atoms with Gasteiger partial charge in [0.05, 0.1) is 28.6 Å². The van der Waals surface area contributed by atoms with Gasteiger partial charge in [0, 0.05) is 30.6 Å². The second-order valence-corrected chi connectivity index (χ2v) is 6.51. The van der Waals surface area contributed by atoms with Gasteiger partial charge in [-0.2, -0.15) is 18.4 Å². The van der Waals surface area contributed by atoms with Gasteiger partial charge in [0.1, 0.15) is 5.82 Å². The highest BCUT2D eigenvalue weighted by molar-refractivity contribution is 5.88. The lowest BCUT2D eigenvalue weighted by molar-refractivity contribution is -0.384. The van der Waals surface area contributed by atoms with E-state index >= 15 is 0 Å². The molecule has 142 valence electrons. The molecule has 1 aromatic heterocycles. The lowest BCUT2D eigenvalue weighted by atomic mass is 10.1. The predicted octanol–water partition coefficient (Wildman–Crippen LogP) is 3.31. The number of fused-ring (bicyclic) bond motifs is 1. The smallest absolute Gasteiger partial charge is 0.370 e.